The Labute approximate surface area is 203 Å². The number of fused-ring (bicyclic) bond motifs is 1. The van der Waals surface area contributed by atoms with Gasteiger partial charge in [0, 0.05) is 44.4 Å². The average molecular weight is 492 g/mol. The SMILES string of the molecule is CCOC[C@H](O)CN(CCCOC)Cc1nc2scc(-c3ccc(OC)c(OC)c3)c2c(=O)[nH]1. The lowest BCUT2D eigenvalue weighted by atomic mass is 10.1. The lowest BCUT2D eigenvalue weighted by molar-refractivity contribution is 0.0177. The molecule has 0 aliphatic rings. The third-order valence-corrected chi connectivity index (χ3v) is 6.24. The molecule has 3 rings (SSSR count). The van der Waals surface area contributed by atoms with Crippen molar-refractivity contribution in [3.8, 4) is 22.6 Å². The summed E-state index contributed by atoms with van der Waals surface area (Å²) in [5, 5.41) is 12.8. The number of nitrogens with zero attached hydrogens (tertiary/aromatic N) is 2. The van der Waals surface area contributed by atoms with Crippen molar-refractivity contribution in [1.82, 2.24) is 14.9 Å². The van der Waals surface area contributed by atoms with E-state index in [9.17, 15) is 9.90 Å². The summed E-state index contributed by atoms with van der Waals surface area (Å²) in [6.45, 7) is 4.83. The summed E-state index contributed by atoms with van der Waals surface area (Å²) in [5.41, 5.74) is 1.45. The summed E-state index contributed by atoms with van der Waals surface area (Å²) in [4.78, 5) is 23.4. The Morgan fingerprint density at radius 3 is 2.71 bits per heavy atom. The number of H-pyrrole nitrogens is 1. The van der Waals surface area contributed by atoms with Crippen molar-refractivity contribution >= 4 is 21.6 Å². The van der Waals surface area contributed by atoms with Crippen LogP contribution in [0, 0.1) is 0 Å². The smallest absolute Gasteiger partial charge is 0.260 e. The standard InChI is InChI=1S/C24H33N3O6S/c1-5-33-14-17(28)12-27(9-6-10-30-2)13-21-25-23(29)22-18(15-34-24(22)26-21)16-7-8-19(31-3)20(11-16)32-4/h7-8,11,15,17,28H,5-6,9-10,12-14H2,1-4H3,(H,25,26,29)/t17-/m1/s1. The fraction of sp³-hybridized carbons (Fsp3) is 0.500. The van der Waals surface area contributed by atoms with E-state index in [1.807, 2.05) is 30.5 Å². The molecular formula is C24H33N3O6S. The molecule has 1 aromatic carbocycles. The molecule has 0 aliphatic carbocycles. The predicted octanol–water partition coefficient (Wildman–Crippen LogP) is 2.90. The minimum absolute atomic E-state index is 0.197. The van der Waals surface area contributed by atoms with Crippen LogP contribution < -0.4 is 15.0 Å². The van der Waals surface area contributed by atoms with Gasteiger partial charge in [-0.3, -0.25) is 9.69 Å². The lowest BCUT2D eigenvalue weighted by Crippen LogP contribution is -2.36. The summed E-state index contributed by atoms with van der Waals surface area (Å²) in [7, 11) is 4.83. The Kier molecular flexibility index (Phi) is 9.85. The molecule has 0 fully saturated rings. The molecule has 1 atom stereocenters. The molecule has 0 radical (unpaired) electrons. The van der Waals surface area contributed by atoms with Crippen LogP contribution in [0.4, 0.5) is 0 Å². The summed E-state index contributed by atoms with van der Waals surface area (Å²) in [6, 6.07) is 5.57. The van der Waals surface area contributed by atoms with Gasteiger partial charge >= 0.3 is 0 Å². The second-order valence-electron chi connectivity index (χ2n) is 7.81. The molecule has 0 aliphatic heterocycles. The Balaban J connectivity index is 1.86. The molecule has 0 amide bonds. The second-order valence-corrected chi connectivity index (χ2v) is 8.66. The van der Waals surface area contributed by atoms with Gasteiger partial charge in [0.15, 0.2) is 11.5 Å². The van der Waals surface area contributed by atoms with E-state index in [4.69, 9.17) is 23.9 Å². The van der Waals surface area contributed by atoms with Crippen LogP contribution in [0.1, 0.15) is 19.2 Å². The van der Waals surface area contributed by atoms with Crippen LogP contribution in [-0.4, -0.2) is 80.3 Å². The van der Waals surface area contributed by atoms with E-state index >= 15 is 0 Å². The van der Waals surface area contributed by atoms with Gasteiger partial charge in [-0.1, -0.05) is 6.07 Å². The highest BCUT2D eigenvalue weighted by Crippen LogP contribution is 2.36. The van der Waals surface area contributed by atoms with Crippen molar-refractivity contribution in [1.29, 1.82) is 0 Å². The highest BCUT2D eigenvalue weighted by molar-refractivity contribution is 7.17. The number of nitrogens with one attached hydrogen (secondary N) is 1. The fourth-order valence-corrected chi connectivity index (χ4v) is 4.74. The summed E-state index contributed by atoms with van der Waals surface area (Å²) in [5.74, 6) is 1.78. The van der Waals surface area contributed by atoms with Crippen molar-refractivity contribution < 1.29 is 24.1 Å². The van der Waals surface area contributed by atoms with Crippen LogP contribution in [0.25, 0.3) is 21.3 Å². The van der Waals surface area contributed by atoms with Crippen molar-refractivity contribution in [2.24, 2.45) is 0 Å². The number of ether oxygens (including phenoxy) is 4. The van der Waals surface area contributed by atoms with Crippen molar-refractivity contribution in [3.63, 3.8) is 0 Å². The number of thiophene rings is 1. The molecule has 3 aromatic rings. The summed E-state index contributed by atoms with van der Waals surface area (Å²) < 4.78 is 21.2. The monoisotopic (exact) mass is 491 g/mol. The number of hydrogen-bond acceptors (Lipinski definition) is 9. The largest absolute Gasteiger partial charge is 0.493 e. The van der Waals surface area contributed by atoms with Gasteiger partial charge in [-0.2, -0.15) is 0 Å². The number of methoxy groups -OCH3 is 3. The molecule has 186 valence electrons. The molecule has 0 saturated carbocycles. The van der Waals surface area contributed by atoms with Crippen molar-refractivity contribution in [2.75, 3.05) is 54.2 Å². The number of hydrogen-bond donors (Lipinski definition) is 2. The van der Waals surface area contributed by atoms with E-state index in [2.05, 4.69) is 9.88 Å². The van der Waals surface area contributed by atoms with E-state index in [-0.39, 0.29) is 12.2 Å². The number of rotatable bonds is 14. The van der Waals surface area contributed by atoms with E-state index in [0.29, 0.717) is 60.4 Å². The maximum Gasteiger partial charge on any atom is 0.260 e. The van der Waals surface area contributed by atoms with Gasteiger partial charge in [-0.05, 0) is 31.0 Å². The third kappa shape index (κ3) is 6.55. The quantitative estimate of drug-likeness (QED) is 0.332. The highest BCUT2D eigenvalue weighted by atomic mass is 32.1. The Morgan fingerprint density at radius 2 is 2.00 bits per heavy atom. The van der Waals surface area contributed by atoms with Gasteiger partial charge in [0.05, 0.1) is 38.9 Å². The topological polar surface area (TPSA) is 106 Å². The van der Waals surface area contributed by atoms with Gasteiger partial charge in [0.2, 0.25) is 0 Å². The van der Waals surface area contributed by atoms with Gasteiger partial charge in [0.25, 0.3) is 5.56 Å². The summed E-state index contributed by atoms with van der Waals surface area (Å²) in [6.07, 6.45) is 0.170. The van der Waals surface area contributed by atoms with E-state index in [1.165, 1.54) is 11.3 Å². The van der Waals surface area contributed by atoms with Gasteiger partial charge < -0.3 is 29.0 Å². The number of benzene rings is 1. The van der Waals surface area contributed by atoms with E-state index in [1.54, 1.807) is 21.3 Å². The maximum atomic E-state index is 13.1. The molecule has 0 saturated heterocycles. The molecule has 9 nitrogen and oxygen atoms in total. The van der Waals surface area contributed by atoms with Crippen LogP contribution in [0.3, 0.4) is 0 Å². The molecule has 2 N–H and O–H groups in total. The zero-order valence-electron chi connectivity index (χ0n) is 20.1. The van der Waals surface area contributed by atoms with Crippen LogP contribution in [0.5, 0.6) is 11.5 Å². The number of aliphatic hydroxyl groups excluding tert-OH is 1. The Bertz CT molecular complexity index is 1120. The predicted molar refractivity (Wildman–Crippen MR) is 133 cm³/mol. The Hall–Kier alpha value is -2.50. The van der Waals surface area contributed by atoms with Crippen LogP contribution >= 0.6 is 11.3 Å². The average Bonchev–Trinajstić information content (AvgIpc) is 3.27. The Morgan fingerprint density at radius 1 is 1.21 bits per heavy atom. The highest BCUT2D eigenvalue weighted by Gasteiger charge is 2.18. The van der Waals surface area contributed by atoms with Crippen LogP contribution in [-0.2, 0) is 16.0 Å². The molecule has 0 unspecified atom stereocenters. The molecule has 2 heterocycles. The van der Waals surface area contributed by atoms with Crippen molar-refractivity contribution in [3.05, 3.63) is 39.8 Å². The summed E-state index contributed by atoms with van der Waals surface area (Å²) >= 11 is 1.42. The number of aromatic nitrogens is 2. The molecule has 2 aromatic heterocycles. The zero-order chi connectivity index (χ0) is 24.5. The van der Waals surface area contributed by atoms with Crippen LogP contribution in [0.2, 0.25) is 0 Å². The molecule has 0 spiro atoms. The van der Waals surface area contributed by atoms with Gasteiger partial charge in [0.1, 0.15) is 10.7 Å². The van der Waals surface area contributed by atoms with Crippen LogP contribution in [0.15, 0.2) is 28.4 Å². The first-order valence-electron chi connectivity index (χ1n) is 11.2. The first-order chi connectivity index (χ1) is 16.5. The molecule has 10 heteroatoms. The number of aromatic amines is 1. The zero-order valence-corrected chi connectivity index (χ0v) is 20.9. The minimum Gasteiger partial charge on any atom is -0.493 e. The maximum absolute atomic E-state index is 13.1. The second kappa shape index (κ2) is 12.8. The fourth-order valence-electron chi connectivity index (χ4n) is 3.77. The molecule has 34 heavy (non-hydrogen) atoms. The first kappa shape index (κ1) is 26.1. The van der Waals surface area contributed by atoms with E-state index in [0.717, 1.165) is 17.5 Å². The molecule has 0 bridgehead atoms. The normalized spacial score (nSPS) is 12.4. The minimum atomic E-state index is -0.628. The van der Waals surface area contributed by atoms with E-state index < -0.39 is 6.10 Å². The lowest BCUT2D eigenvalue weighted by Gasteiger charge is -2.24. The number of aliphatic hydroxyl groups is 1. The first-order valence-corrected chi connectivity index (χ1v) is 12.1. The van der Waals surface area contributed by atoms with Gasteiger partial charge in [-0.25, -0.2) is 4.98 Å². The third-order valence-electron chi connectivity index (χ3n) is 5.37. The van der Waals surface area contributed by atoms with Crippen molar-refractivity contribution in [2.45, 2.75) is 26.0 Å². The molecular weight excluding hydrogens is 458 g/mol. The van der Waals surface area contributed by atoms with Gasteiger partial charge in [-0.15, -0.1) is 11.3 Å².